The van der Waals surface area contributed by atoms with Crippen LogP contribution in [0.2, 0.25) is 0 Å². The van der Waals surface area contributed by atoms with E-state index in [9.17, 15) is 14.0 Å². The average molecular weight is 507 g/mol. The number of nitrogens with zero attached hydrogens (tertiary/aromatic N) is 2. The summed E-state index contributed by atoms with van der Waals surface area (Å²) in [5.74, 6) is -0.391. The van der Waals surface area contributed by atoms with Gasteiger partial charge in [-0.25, -0.2) is 4.39 Å². The number of carbonyl (C=O) groups excluding carboxylic acids is 2. The van der Waals surface area contributed by atoms with Crippen molar-refractivity contribution < 1.29 is 18.7 Å². The van der Waals surface area contributed by atoms with Crippen LogP contribution in [0.15, 0.2) is 72.8 Å². The lowest BCUT2D eigenvalue weighted by molar-refractivity contribution is 0.0742. The molecule has 0 radical (unpaired) electrons. The van der Waals surface area contributed by atoms with Crippen LogP contribution >= 0.6 is 12.2 Å². The highest BCUT2D eigenvalue weighted by Crippen LogP contribution is 2.21. The Morgan fingerprint density at radius 3 is 2.25 bits per heavy atom. The molecule has 3 aromatic carbocycles. The van der Waals surface area contributed by atoms with Gasteiger partial charge in [0.05, 0.1) is 12.2 Å². The van der Waals surface area contributed by atoms with Crippen molar-refractivity contribution in [3.05, 3.63) is 89.7 Å². The summed E-state index contributed by atoms with van der Waals surface area (Å²) >= 11 is 5.28. The number of hydrogen-bond acceptors (Lipinski definition) is 5. The molecule has 186 valence electrons. The molecule has 1 saturated heterocycles. The van der Waals surface area contributed by atoms with Gasteiger partial charge < -0.3 is 19.9 Å². The molecule has 0 spiro atoms. The van der Waals surface area contributed by atoms with Gasteiger partial charge in [-0.15, -0.1) is 0 Å². The number of rotatable bonds is 6. The fourth-order valence-corrected chi connectivity index (χ4v) is 4.15. The zero-order valence-electron chi connectivity index (χ0n) is 19.9. The summed E-state index contributed by atoms with van der Waals surface area (Å²) in [5, 5.41) is 5.89. The van der Waals surface area contributed by atoms with E-state index < -0.39 is 5.82 Å². The highest BCUT2D eigenvalue weighted by molar-refractivity contribution is 7.80. The van der Waals surface area contributed by atoms with Crippen molar-refractivity contribution in [3.8, 4) is 5.75 Å². The van der Waals surface area contributed by atoms with Gasteiger partial charge in [-0.1, -0.05) is 12.1 Å². The Balaban J connectivity index is 1.27. The van der Waals surface area contributed by atoms with Crippen LogP contribution < -0.4 is 20.3 Å². The Morgan fingerprint density at radius 1 is 0.944 bits per heavy atom. The number of halogens is 1. The lowest BCUT2D eigenvalue weighted by Gasteiger charge is -2.36. The molecular weight excluding hydrogens is 479 g/mol. The third-order valence-corrected chi connectivity index (χ3v) is 6.02. The Labute approximate surface area is 214 Å². The minimum Gasteiger partial charge on any atom is -0.494 e. The maximum absolute atomic E-state index is 14.0. The molecule has 1 fully saturated rings. The summed E-state index contributed by atoms with van der Waals surface area (Å²) in [6, 6.07) is 20.6. The summed E-state index contributed by atoms with van der Waals surface area (Å²) in [5.41, 5.74) is 2.32. The molecule has 1 aliphatic rings. The van der Waals surface area contributed by atoms with Crippen molar-refractivity contribution >= 4 is 40.5 Å². The van der Waals surface area contributed by atoms with E-state index in [-0.39, 0.29) is 22.5 Å². The Hall–Kier alpha value is -3.98. The number of piperazine rings is 1. The quantitative estimate of drug-likeness (QED) is 0.486. The number of thiocarbonyl (C=S) groups is 1. The monoisotopic (exact) mass is 506 g/mol. The van der Waals surface area contributed by atoms with Gasteiger partial charge in [-0.2, -0.15) is 0 Å². The van der Waals surface area contributed by atoms with E-state index in [0.29, 0.717) is 44.1 Å². The van der Waals surface area contributed by atoms with Crippen molar-refractivity contribution in [2.24, 2.45) is 0 Å². The SMILES string of the molecule is CCOc1ccc(C(=O)NC(=S)Nc2ccc(N3CCN(C(=O)c4ccccc4F)CC3)cc2)cc1. The smallest absolute Gasteiger partial charge is 0.257 e. The van der Waals surface area contributed by atoms with Crippen molar-refractivity contribution in [2.75, 3.05) is 43.0 Å². The van der Waals surface area contributed by atoms with Gasteiger partial charge in [0.15, 0.2) is 5.11 Å². The van der Waals surface area contributed by atoms with Crippen molar-refractivity contribution in [1.82, 2.24) is 10.2 Å². The number of ether oxygens (including phenoxy) is 1. The summed E-state index contributed by atoms with van der Waals surface area (Å²) in [4.78, 5) is 28.9. The zero-order valence-corrected chi connectivity index (χ0v) is 20.7. The molecular formula is C27H27FN4O3S. The predicted molar refractivity (Wildman–Crippen MR) is 142 cm³/mol. The molecule has 3 aromatic rings. The van der Waals surface area contributed by atoms with Crippen LogP contribution in [0.4, 0.5) is 15.8 Å². The number of benzene rings is 3. The van der Waals surface area contributed by atoms with Gasteiger partial charge in [0.1, 0.15) is 11.6 Å². The number of anilines is 2. The molecule has 1 aliphatic heterocycles. The van der Waals surface area contributed by atoms with Crippen LogP contribution in [-0.2, 0) is 0 Å². The molecule has 0 saturated carbocycles. The maximum Gasteiger partial charge on any atom is 0.257 e. The number of amides is 2. The lowest BCUT2D eigenvalue weighted by atomic mass is 10.1. The van der Waals surface area contributed by atoms with Crippen molar-refractivity contribution in [3.63, 3.8) is 0 Å². The number of carbonyl (C=O) groups is 2. The Morgan fingerprint density at radius 2 is 1.61 bits per heavy atom. The number of nitrogens with one attached hydrogen (secondary N) is 2. The summed E-state index contributed by atoms with van der Waals surface area (Å²) in [6.07, 6.45) is 0. The van der Waals surface area contributed by atoms with Crippen LogP contribution in [0.5, 0.6) is 5.75 Å². The summed E-state index contributed by atoms with van der Waals surface area (Å²) in [6.45, 7) is 4.76. The van der Waals surface area contributed by atoms with Crippen LogP contribution in [0, 0.1) is 5.82 Å². The van der Waals surface area contributed by atoms with Gasteiger partial charge in [0.2, 0.25) is 0 Å². The molecule has 36 heavy (non-hydrogen) atoms. The first-order valence-electron chi connectivity index (χ1n) is 11.7. The second kappa shape index (κ2) is 11.6. The first-order chi connectivity index (χ1) is 17.4. The maximum atomic E-state index is 14.0. The second-order valence-electron chi connectivity index (χ2n) is 8.17. The highest BCUT2D eigenvalue weighted by atomic mass is 32.1. The molecule has 0 unspecified atom stereocenters. The topological polar surface area (TPSA) is 73.9 Å². The molecule has 0 aliphatic carbocycles. The van der Waals surface area contributed by atoms with Crippen LogP contribution in [0.1, 0.15) is 27.6 Å². The molecule has 9 heteroatoms. The van der Waals surface area contributed by atoms with E-state index in [1.807, 2.05) is 31.2 Å². The fourth-order valence-electron chi connectivity index (χ4n) is 3.94. The van der Waals surface area contributed by atoms with Crippen LogP contribution in [-0.4, -0.2) is 54.6 Å². The summed E-state index contributed by atoms with van der Waals surface area (Å²) < 4.78 is 19.3. The predicted octanol–water partition coefficient (Wildman–Crippen LogP) is 4.31. The van der Waals surface area contributed by atoms with Crippen molar-refractivity contribution in [1.29, 1.82) is 0 Å². The largest absolute Gasteiger partial charge is 0.494 e. The lowest BCUT2D eigenvalue weighted by Crippen LogP contribution is -2.49. The first kappa shape index (κ1) is 25.1. The molecule has 0 atom stereocenters. The van der Waals surface area contributed by atoms with E-state index in [4.69, 9.17) is 17.0 Å². The van der Waals surface area contributed by atoms with E-state index in [1.54, 1.807) is 41.3 Å². The molecule has 0 aromatic heterocycles. The minimum atomic E-state index is -0.499. The third-order valence-electron chi connectivity index (χ3n) is 5.82. The first-order valence-corrected chi connectivity index (χ1v) is 12.1. The average Bonchev–Trinajstić information content (AvgIpc) is 2.90. The van der Waals surface area contributed by atoms with E-state index in [1.165, 1.54) is 12.1 Å². The zero-order chi connectivity index (χ0) is 25.5. The Kier molecular flexibility index (Phi) is 8.12. The van der Waals surface area contributed by atoms with E-state index in [2.05, 4.69) is 15.5 Å². The van der Waals surface area contributed by atoms with E-state index >= 15 is 0 Å². The highest BCUT2D eigenvalue weighted by Gasteiger charge is 2.24. The van der Waals surface area contributed by atoms with Gasteiger partial charge >= 0.3 is 0 Å². The second-order valence-corrected chi connectivity index (χ2v) is 8.58. The summed E-state index contributed by atoms with van der Waals surface area (Å²) in [7, 11) is 0. The van der Waals surface area contributed by atoms with Gasteiger partial charge in [0.25, 0.3) is 11.8 Å². The minimum absolute atomic E-state index is 0.104. The van der Waals surface area contributed by atoms with E-state index in [0.717, 1.165) is 11.4 Å². The standard InChI is InChI=1S/C27H27FN4O3S/c1-2-35-22-13-7-19(8-14-22)25(33)30-27(36)29-20-9-11-21(12-10-20)31-15-17-32(18-16-31)26(34)23-5-3-4-6-24(23)28/h3-14H,2,15-18H2,1H3,(H2,29,30,33,36). The van der Waals surface area contributed by atoms with Gasteiger partial charge in [-0.05, 0) is 79.8 Å². The third kappa shape index (κ3) is 6.17. The fraction of sp³-hybridized carbons (Fsp3) is 0.222. The molecule has 1 heterocycles. The normalized spacial score (nSPS) is 13.2. The van der Waals surface area contributed by atoms with Crippen molar-refractivity contribution in [2.45, 2.75) is 6.92 Å². The molecule has 4 rings (SSSR count). The van der Waals surface area contributed by atoms with Gasteiger partial charge in [0, 0.05) is 43.1 Å². The molecule has 0 bridgehead atoms. The van der Waals surface area contributed by atoms with Crippen LogP contribution in [0.25, 0.3) is 0 Å². The van der Waals surface area contributed by atoms with Gasteiger partial charge in [-0.3, -0.25) is 14.9 Å². The van der Waals surface area contributed by atoms with Crippen LogP contribution in [0.3, 0.4) is 0 Å². The molecule has 7 nitrogen and oxygen atoms in total. The Bertz CT molecular complexity index is 1230. The molecule has 2 amide bonds. The molecule has 2 N–H and O–H groups in total. The number of hydrogen-bond donors (Lipinski definition) is 2.